The summed E-state index contributed by atoms with van der Waals surface area (Å²) in [5.41, 5.74) is 0. The predicted molar refractivity (Wildman–Crippen MR) is 15.0 cm³/mol. The van der Waals surface area contributed by atoms with Gasteiger partial charge in [0, 0.05) is 0 Å². The van der Waals surface area contributed by atoms with Crippen molar-refractivity contribution in [1.82, 2.24) is 0 Å². The van der Waals surface area contributed by atoms with Crippen molar-refractivity contribution in [2.45, 2.75) is 0 Å². The molecule has 0 aromatic heterocycles. The molecule has 0 unspecified atom stereocenters. The summed E-state index contributed by atoms with van der Waals surface area (Å²) in [5.74, 6) is 0. The molecular formula is H2K2Li2O3Ti. The SMILES string of the molecule is [K+].[K+].[LiH].[LiH].[O]=[Ti]([O-])[O-]. The Kier molecular flexibility index (Phi) is 82.9. The molecule has 0 spiro atoms. The first kappa shape index (κ1) is 29.3. The first-order valence-electron chi connectivity index (χ1n) is 0.612. The van der Waals surface area contributed by atoms with Crippen molar-refractivity contribution in [3.8, 4) is 0 Å². The van der Waals surface area contributed by atoms with Crippen molar-refractivity contribution in [3.05, 3.63) is 0 Å². The zero-order chi connectivity index (χ0) is 3.58. The summed E-state index contributed by atoms with van der Waals surface area (Å²) >= 11 is -4.08. The topological polar surface area (TPSA) is 63.2 Å². The molecule has 3 nitrogen and oxygen atoms in total. The van der Waals surface area contributed by atoms with Gasteiger partial charge in [0.15, 0.2) is 0 Å². The maximum absolute atomic E-state index is 8.58. The molecule has 0 amide bonds. The van der Waals surface area contributed by atoms with Crippen LogP contribution in [0, 0.1) is 0 Å². The molecule has 0 aliphatic carbocycles. The van der Waals surface area contributed by atoms with Crippen LogP contribution in [-0.4, -0.2) is 37.7 Å². The minimum absolute atomic E-state index is 0. The third-order valence-corrected chi connectivity index (χ3v) is 0. The molecule has 0 bridgehead atoms. The van der Waals surface area contributed by atoms with E-state index < -0.39 is 18.6 Å². The van der Waals surface area contributed by atoms with Crippen LogP contribution in [0.15, 0.2) is 0 Å². The Labute approximate surface area is 164 Å². The zero-order valence-electron chi connectivity index (χ0n) is 3.72. The fourth-order valence-electron chi connectivity index (χ4n) is 0. The molecule has 0 rings (SSSR count). The zero-order valence-corrected chi connectivity index (χ0v) is 11.5. The Morgan fingerprint density at radius 2 is 1.00 bits per heavy atom. The first-order chi connectivity index (χ1) is 1.73. The van der Waals surface area contributed by atoms with Gasteiger partial charge < -0.3 is 0 Å². The Balaban J connectivity index is -0.00000000750. The minimum atomic E-state index is -4.08. The van der Waals surface area contributed by atoms with Gasteiger partial charge in [-0.2, -0.15) is 0 Å². The quantitative estimate of drug-likeness (QED) is 0.356. The van der Waals surface area contributed by atoms with Crippen molar-refractivity contribution >= 4 is 37.7 Å². The summed E-state index contributed by atoms with van der Waals surface area (Å²) in [7, 11) is 0. The molecule has 0 heterocycles. The fourth-order valence-corrected chi connectivity index (χ4v) is 0. The molecule has 0 aliphatic rings. The average Bonchev–Trinajstić information content (AvgIpc) is 0.811. The third-order valence-electron chi connectivity index (χ3n) is 0. The molecular weight excluding hydrogens is 188 g/mol. The molecule has 0 aliphatic heterocycles. The Morgan fingerprint density at radius 3 is 1.00 bits per heavy atom. The molecule has 0 aromatic carbocycles. The van der Waals surface area contributed by atoms with Crippen LogP contribution in [-0.2, 0) is 21.9 Å². The van der Waals surface area contributed by atoms with Crippen LogP contribution in [0.4, 0.5) is 0 Å². The molecule has 0 saturated carbocycles. The van der Waals surface area contributed by atoms with E-state index in [4.69, 9.17) is 10.7 Å². The number of rotatable bonds is 0. The summed E-state index contributed by atoms with van der Waals surface area (Å²) in [5, 5.41) is 0. The van der Waals surface area contributed by atoms with E-state index in [9.17, 15) is 0 Å². The first-order valence-corrected chi connectivity index (χ1v) is 2.52. The van der Waals surface area contributed by atoms with Crippen LogP contribution in [0.25, 0.3) is 0 Å². The Hall–Kier alpha value is 4.90. The van der Waals surface area contributed by atoms with E-state index in [2.05, 4.69) is 0 Å². The van der Waals surface area contributed by atoms with Gasteiger partial charge in [-0.05, 0) is 0 Å². The van der Waals surface area contributed by atoms with Gasteiger partial charge in [0.05, 0.1) is 0 Å². The van der Waals surface area contributed by atoms with Crippen LogP contribution in [0.2, 0.25) is 0 Å². The summed E-state index contributed by atoms with van der Waals surface area (Å²) in [6.07, 6.45) is 0. The normalized spacial score (nSPS) is 3.25. The van der Waals surface area contributed by atoms with Crippen molar-refractivity contribution < 1.29 is 132 Å². The fraction of sp³-hybridized carbons (Fsp3) is 0. The van der Waals surface area contributed by atoms with Crippen LogP contribution < -0.4 is 110 Å². The molecule has 28 valence electrons. The van der Waals surface area contributed by atoms with Gasteiger partial charge in [0.25, 0.3) is 0 Å². The van der Waals surface area contributed by atoms with E-state index in [1.54, 1.807) is 0 Å². The maximum atomic E-state index is 8.58. The van der Waals surface area contributed by atoms with E-state index in [1.165, 1.54) is 0 Å². The van der Waals surface area contributed by atoms with Crippen LogP contribution >= 0.6 is 0 Å². The van der Waals surface area contributed by atoms with Gasteiger partial charge in [0.2, 0.25) is 0 Å². The summed E-state index contributed by atoms with van der Waals surface area (Å²) in [6, 6.07) is 0. The Morgan fingerprint density at radius 1 is 1.00 bits per heavy atom. The van der Waals surface area contributed by atoms with E-state index in [0.29, 0.717) is 0 Å². The molecule has 0 atom stereocenters. The number of hydrogen-bond donors (Lipinski definition) is 0. The summed E-state index contributed by atoms with van der Waals surface area (Å²) in [6.45, 7) is 0. The van der Waals surface area contributed by atoms with Crippen molar-refractivity contribution in [1.29, 1.82) is 0 Å². The standard InChI is InChI=1S/2K.2Li.3O.Ti.2H/q2*+1;;;;2*-1;;;. The second kappa shape index (κ2) is 22.7. The third kappa shape index (κ3) is 44.5. The second-order valence-corrected chi connectivity index (χ2v) is 1.03. The van der Waals surface area contributed by atoms with Crippen molar-refractivity contribution in [2.75, 3.05) is 0 Å². The monoisotopic (exact) mass is 190 g/mol. The molecule has 8 heavy (non-hydrogen) atoms. The molecule has 8 heteroatoms. The molecule has 0 aromatic rings. The molecule has 0 fully saturated rings. The van der Waals surface area contributed by atoms with Crippen LogP contribution in [0.1, 0.15) is 0 Å². The van der Waals surface area contributed by atoms with E-state index in [0.717, 1.165) is 0 Å². The van der Waals surface area contributed by atoms with Gasteiger partial charge in [-0.15, -0.1) is 0 Å². The van der Waals surface area contributed by atoms with Gasteiger partial charge >= 0.3 is 170 Å². The van der Waals surface area contributed by atoms with Gasteiger partial charge in [0.1, 0.15) is 0 Å². The van der Waals surface area contributed by atoms with Gasteiger partial charge in [-0.25, -0.2) is 0 Å². The summed E-state index contributed by atoms with van der Waals surface area (Å²) < 4.78 is 25.8. The predicted octanol–water partition coefficient (Wildman–Crippen LogP) is -9.79. The van der Waals surface area contributed by atoms with Gasteiger partial charge in [-0.1, -0.05) is 0 Å². The van der Waals surface area contributed by atoms with Crippen molar-refractivity contribution in [2.24, 2.45) is 0 Å². The van der Waals surface area contributed by atoms with Gasteiger partial charge in [-0.3, -0.25) is 0 Å². The van der Waals surface area contributed by atoms with E-state index >= 15 is 0 Å². The van der Waals surface area contributed by atoms with E-state index in [-0.39, 0.29) is 140 Å². The average molecular weight is 190 g/mol. The van der Waals surface area contributed by atoms with Crippen molar-refractivity contribution in [3.63, 3.8) is 0 Å². The molecule has 0 radical (unpaired) electrons. The van der Waals surface area contributed by atoms with E-state index in [1.807, 2.05) is 0 Å². The Bertz CT molecular complexity index is 38.3. The van der Waals surface area contributed by atoms with Crippen LogP contribution in [0.5, 0.6) is 0 Å². The number of hydrogen-bond acceptors (Lipinski definition) is 3. The second-order valence-electron chi connectivity index (χ2n) is 0.250. The summed E-state index contributed by atoms with van der Waals surface area (Å²) in [4.78, 5) is 0. The molecule has 0 N–H and O–H groups in total. The molecule has 0 saturated heterocycles. The van der Waals surface area contributed by atoms with Crippen LogP contribution in [0.3, 0.4) is 0 Å².